The molecule has 0 radical (unpaired) electrons. The fourth-order valence-electron chi connectivity index (χ4n) is 2.66. The van der Waals surface area contributed by atoms with Crippen LogP contribution in [0.25, 0.3) is 0 Å². The maximum Gasteiger partial charge on any atom is 0.273 e. The second-order valence-corrected chi connectivity index (χ2v) is 6.47. The highest BCUT2D eigenvalue weighted by molar-refractivity contribution is 5.99. The first-order valence-corrected chi connectivity index (χ1v) is 9.11. The quantitative estimate of drug-likeness (QED) is 0.364. The molecular formula is C23H23N3O3. The van der Waals surface area contributed by atoms with Crippen LogP contribution in [0, 0.1) is 6.92 Å². The molecule has 0 aliphatic rings. The number of para-hydroxylation sites is 1. The summed E-state index contributed by atoms with van der Waals surface area (Å²) in [6.07, 6.45) is 1.54. The van der Waals surface area contributed by atoms with Gasteiger partial charge in [0.25, 0.3) is 5.91 Å². The Kier molecular flexibility index (Phi) is 6.47. The molecule has 0 saturated heterocycles. The molecule has 6 heteroatoms. The van der Waals surface area contributed by atoms with Gasteiger partial charge >= 0.3 is 0 Å². The predicted octanol–water partition coefficient (Wildman–Crippen LogP) is 3.93. The van der Waals surface area contributed by atoms with Crippen molar-refractivity contribution in [2.75, 3.05) is 12.8 Å². The molecule has 0 unspecified atom stereocenters. The molecule has 0 fully saturated rings. The monoisotopic (exact) mass is 389 g/mol. The third-order valence-corrected chi connectivity index (χ3v) is 4.29. The highest BCUT2D eigenvalue weighted by atomic mass is 16.5. The topological polar surface area (TPSA) is 85.9 Å². The van der Waals surface area contributed by atoms with Gasteiger partial charge in [-0.1, -0.05) is 42.0 Å². The molecule has 0 aromatic heterocycles. The summed E-state index contributed by atoms with van der Waals surface area (Å²) in [4.78, 5) is 12.2. The Morgan fingerprint density at radius 2 is 1.83 bits per heavy atom. The Hall–Kier alpha value is -3.80. The summed E-state index contributed by atoms with van der Waals surface area (Å²) in [5.41, 5.74) is 12.1. The first kappa shape index (κ1) is 19.9. The number of hydrazone groups is 1. The third-order valence-electron chi connectivity index (χ3n) is 4.29. The summed E-state index contributed by atoms with van der Waals surface area (Å²) in [6.45, 7) is 2.46. The van der Waals surface area contributed by atoms with Crippen LogP contribution in [0.5, 0.6) is 11.5 Å². The van der Waals surface area contributed by atoms with Crippen LogP contribution in [0.3, 0.4) is 0 Å². The molecule has 148 valence electrons. The molecule has 0 aliphatic carbocycles. The number of nitrogens with zero attached hydrogens (tertiary/aromatic N) is 1. The van der Waals surface area contributed by atoms with Crippen molar-refractivity contribution >= 4 is 17.8 Å². The maximum atomic E-state index is 12.2. The minimum absolute atomic E-state index is 0.372. The Morgan fingerprint density at radius 3 is 2.55 bits per heavy atom. The molecule has 1 amide bonds. The first-order valence-electron chi connectivity index (χ1n) is 9.11. The highest BCUT2D eigenvalue weighted by Gasteiger charge is 2.08. The van der Waals surface area contributed by atoms with Crippen LogP contribution >= 0.6 is 0 Å². The van der Waals surface area contributed by atoms with E-state index in [-0.39, 0.29) is 5.91 Å². The number of nitrogens with one attached hydrogen (secondary N) is 1. The molecule has 0 aliphatic heterocycles. The number of methoxy groups -OCH3 is 1. The summed E-state index contributed by atoms with van der Waals surface area (Å²) >= 11 is 0. The van der Waals surface area contributed by atoms with E-state index in [2.05, 4.69) is 10.5 Å². The van der Waals surface area contributed by atoms with Crippen molar-refractivity contribution in [3.8, 4) is 11.5 Å². The molecule has 0 atom stereocenters. The van der Waals surface area contributed by atoms with Crippen molar-refractivity contribution in [1.82, 2.24) is 5.43 Å². The van der Waals surface area contributed by atoms with E-state index in [0.717, 1.165) is 11.1 Å². The normalized spacial score (nSPS) is 10.7. The summed E-state index contributed by atoms with van der Waals surface area (Å²) in [5, 5.41) is 4.01. The zero-order valence-electron chi connectivity index (χ0n) is 16.4. The van der Waals surface area contributed by atoms with E-state index in [9.17, 15) is 4.79 Å². The zero-order valence-corrected chi connectivity index (χ0v) is 16.4. The number of hydrogen-bond acceptors (Lipinski definition) is 5. The lowest BCUT2D eigenvalue weighted by atomic mass is 10.1. The molecule has 0 saturated carbocycles. The van der Waals surface area contributed by atoms with Gasteiger partial charge in [0.1, 0.15) is 6.61 Å². The van der Waals surface area contributed by atoms with Crippen LogP contribution in [0.2, 0.25) is 0 Å². The van der Waals surface area contributed by atoms with Crippen LogP contribution < -0.4 is 20.6 Å². The van der Waals surface area contributed by atoms with Crippen LogP contribution in [-0.4, -0.2) is 19.2 Å². The number of rotatable bonds is 7. The molecule has 3 aromatic rings. The van der Waals surface area contributed by atoms with Crippen molar-refractivity contribution in [3.05, 3.63) is 89.0 Å². The zero-order chi connectivity index (χ0) is 20.6. The summed E-state index contributed by atoms with van der Waals surface area (Å²) in [6, 6.07) is 20.4. The number of nitrogens with two attached hydrogens (primary N) is 1. The molecule has 29 heavy (non-hydrogen) atoms. The minimum Gasteiger partial charge on any atom is -0.493 e. The molecule has 0 spiro atoms. The number of anilines is 1. The third kappa shape index (κ3) is 5.35. The Balaban J connectivity index is 1.67. The number of hydrogen-bond donors (Lipinski definition) is 2. The summed E-state index contributed by atoms with van der Waals surface area (Å²) in [7, 11) is 1.59. The Labute approximate surface area is 170 Å². The largest absolute Gasteiger partial charge is 0.493 e. The Bertz CT molecular complexity index is 1010. The molecule has 0 bridgehead atoms. The van der Waals surface area contributed by atoms with Gasteiger partial charge in [0.05, 0.1) is 18.9 Å². The van der Waals surface area contributed by atoms with E-state index < -0.39 is 0 Å². The van der Waals surface area contributed by atoms with E-state index in [0.29, 0.717) is 29.4 Å². The number of aryl methyl sites for hydroxylation is 1. The van der Waals surface area contributed by atoms with Crippen molar-refractivity contribution in [1.29, 1.82) is 0 Å². The van der Waals surface area contributed by atoms with Crippen molar-refractivity contribution in [2.24, 2.45) is 5.10 Å². The number of benzene rings is 3. The number of ether oxygens (including phenoxy) is 2. The van der Waals surface area contributed by atoms with Gasteiger partial charge in [0.2, 0.25) is 0 Å². The minimum atomic E-state index is -0.372. The van der Waals surface area contributed by atoms with Crippen LogP contribution in [0.15, 0.2) is 71.8 Å². The van der Waals surface area contributed by atoms with E-state index in [4.69, 9.17) is 15.2 Å². The predicted molar refractivity (Wildman–Crippen MR) is 114 cm³/mol. The van der Waals surface area contributed by atoms with E-state index in [1.807, 2.05) is 37.3 Å². The van der Waals surface area contributed by atoms with Gasteiger partial charge in [-0.2, -0.15) is 5.10 Å². The van der Waals surface area contributed by atoms with E-state index in [1.165, 1.54) is 11.8 Å². The van der Waals surface area contributed by atoms with Gasteiger partial charge in [-0.15, -0.1) is 0 Å². The van der Waals surface area contributed by atoms with Crippen molar-refractivity contribution < 1.29 is 14.3 Å². The molecule has 3 N–H and O–H groups in total. The average molecular weight is 389 g/mol. The standard InChI is InChI=1S/C23H23N3O3/c1-16-7-9-17(10-8-16)15-29-22-13-18(11-12-21(22)28-2)14-25-26-23(27)19-5-3-4-6-20(19)24/h3-14H,15,24H2,1-2H3,(H,26,27)/b25-14-. The lowest BCUT2D eigenvalue weighted by molar-refractivity contribution is 0.0956. The van der Waals surface area contributed by atoms with Crippen LogP contribution in [-0.2, 0) is 6.61 Å². The van der Waals surface area contributed by atoms with Crippen LogP contribution in [0.1, 0.15) is 27.0 Å². The molecule has 3 rings (SSSR count). The number of carbonyl (C=O) groups is 1. The van der Waals surface area contributed by atoms with E-state index in [1.54, 1.807) is 43.5 Å². The number of nitrogen functional groups attached to an aromatic ring is 1. The fourth-order valence-corrected chi connectivity index (χ4v) is 2.66. The Morgan fingerprint density at radius 1 is 1.07 bits per heavy atom. The maximum absolute atomic E-state index is 12.2. The smallest absolute Gasteiger partial charge is 0.273 e. The lowest BCUT2D eigenvalue weighted by Crippen LogP contribution is -2.19. The lowest BCUT2D eigenvalue weighted by Gasteiger charge is -2.11. The van der Waals surface area contributed by atoms with Crippen molar-refractivity contribution in [3.63, 3.8) is 0 Å². The average Bonchev–Trinajstić information content (AvgIpc) is 2.73. The fraction of sp³-hybridized carbons (Fsp3) is 0.130. The van der Waals surface area contributed by atoms with Crippen LogP contribution in [0.4, 0.5) is 5.69 Å². The SMILES string of the molecule is COc1ccc(/C=N\NC(=O)c2ccccc2N)cc1OCc1ccc(C)cc1. The molecule has 6 nitrogen and oxygen atoms in total. The van der Waals surface area contributed by atoms with Gasteiger partial charge in [-0.3, -0.25) is 4.79 Å². The summed E-state index contributed by atoms with van der Waals surface area (Å²) < 4.78 is 11.3. The number of carbonyl (C=O) groups excluding carboxylic acids is 1. The van der Waals surface area contributed by atoms with Gasteiger partial charge < -0.3 is 15.2 Å². The highest BCUT2D eigenvalue weighted by Crippen LogP contribution is 2.28. The van der Waals surface area contributed by atoms with E-state index >= 15 is 0 Å². The second kappa shape index (κ2) is 9.41. The molecular weight excluding hydrogens is 366 g/mol. The first-order chi connectivity index (χ1) is 14.1. The van der Waals surface area contributed by atoms with Gasteiger partial charge in [-0.25, -0.2) is 5.43 Å². The number of amides is 1. The van der Waals surface area contributed by atoms with Crippen molar-refractivity contribution in [2.45, 2.75) is 13.5 Å². The summed E-state index contributed by atoms with van der Waals surface area (Å²) in [5.74, 6) is 0.842. The molecule has 3 aromatic carbocycles. The molecule has 0 heterocycles. The van der Waals surface area contributed by atoms with Gasteiger partial charge in [0.15, 0.2) is 11.5 Å². The second-order valence-electron chi connectivity index (χ2n) is 6.47. The van der Waals surface area contributed by atoms with Gasteiger partial charge in [-0.05, 0) is 48.4 Å². The van der Waals surface area contributed by atoms with Gasteiger partial charge in [0, 0.05) is 5.69 Å².